The van der Waals surface area contributed by atoms with Gasteiger partial charge in [0.15, 0.2) is 0 Å². The second-order valence-electron chi connectivity index (χ2n) is 7.06. The van der Waals surface area contributed by atoms with Crippen molar-refractivity contribution in [1.82, 2.24) is 9.88 Å². The van der Waals surface area contributed by atoms with Crippen LogP contribution in [0.15, 0.2) is 48.2 Å². The van der Waals surface area contributed by atoms with Crippen LogP contribution in [-0.2, 0) is 16.0 Å². The molecule has 1 amide bonds. The van der Waals surface area contributed by atoms with E-state index in [1.807, 2.05) is 29.2 Å². The number of methoxy groups -OCH3 is 1. The lowest BCUT2D eigenvalue weighted by molar-refractivity contribution is -0.128. The van der Waals surface area contributed by atoms with E-state index in [0.29, 0.717) is 29.2 Å². The van der Waals surface area contributed by atoms with Crippen LogP contribution in [0.3, 0.4) is 0 Å². The summed E-state index contributed by atoms with van der Waals surface area (Å²) in [5, 5.41) is 0. The lowest BCUT2D eigenvalue weighted by Gasteiger charge is -2.33. The van der Waals surface area contributed by atoms with Gasteiger partial charge in [0.2, 0.25) is 5.91 Å². The molecule has 1 aliphatic carbocycles. The van der Waals surface area contributed by atoms with Crippen molar-refractivity contribution in [2.75, 3.05) is 20.2 Å². The molecule has 1 saturated heterocycles. The van der Waals surface area contributed by atoms with Crippen LogP contribution in [0.4, 0.5) is 0 Å². The Balaban J connectivity index is 1.51. The molecule has 2 heterocycles. The Labute approximate surface area is 158 Å². The van der Waals surface area contributed by atoms with Crippen LogP contribution >= 0.6 is 0 Å². The predicted octanol–water partition coefficient (Wildman–Crippen LogP) is 3.21. The minimum absolute atomic E-state index is 0.0458. The van der Waals surface area contributed by atoms with E-state index in [-0.39, 0.29) is 5.91 Å². The molecule has 1 unspecified atom stereocenters. The number of hydrogen-bond donors (Lipinski definition) is 0. The van der Waals surface area contributed by atoms with E-state index in [0.717, 1.165) is 31.5 Å². The Morgan fingerprint density at radius 2 is 2.00 bits per heavy atom. The first-order valence-electron chi connectivity index (χ1n) is 9.28. The summed E-state index contributed by atoms with van der Waals surface area (Å²) in [7, 11) is 1.36. The maximum atomic E-state index is 13.1. The van der Waals surface area contributed by atoms with Crippen molar-refractivity contribution < 1.29 is 14.3 Å². The average Bonchev–Trinajstić information content (AvgIpc) is 3.17. The standard InChI is InChI=1S/C22H22N2O3/c1-27-22(26)18-9-10-23-20-13-17(12-19(18)20)21(25)24-11-5-8-16(14-24)15-6-3-2-4-7-15/h2-4,6-7,9-10,13,16H,5,8,11-12,14H2,1H3. The van der Waals surface area contributed by atoms with Gasteiger partial charge in [-0.1, -0.05) is 30.3 Å². The molecule has 5 heteroatoms. The number of carbonyl (C=O) groups is 2. The molecular formula is C22H22N2O3. The normalized spacial score (nSPS) is 18.6. The van der Waals surface area contributed by atoms with Crippen molar-refractivity contribution in [3.05, 3.63) is 70.6 Å². The SMILES string of the molecule is COC(=O)c1ccnc2c1CC(C(=O)N1CCCC(c3ccccc3)C1)=C2. The van der Waals surface area contributed by atoms with Crippen LogP contribution in [0.2, 0.25) is 0 Å². The average molecular weight is 362 g/mol. The van der Waals surface area contributed by atoms with E-state index in [2.05, 4.69) is 17.1 Å². The molecule has 1 fully saturated rings. The molecule has 1 atom stereocenters. The Morgan fingerprint density at radius 1 is 1.19 bits per heavy atom. The van der Waals surface area contributed by atoms with Crippen molar-refractivity contribution >= 4 is 18.0 Å². The highest BCUT2D eigenvalue weighted by Gasteiger charge is 2.30. The minimum atomic E-state index is -0.391. The molecule has 27 heavy (non-hydrogen) atoms. The lowest BCUT2D eigenvalue weighted by Crippen LogP contribution is -2.39. The highest BCUT2D eigenvalue weighted by molar-refractivity contribution is 6.02. The van der Waals surface area contributed by atoms with Gasteiger partial charge < -0.3 is 9.64 Å². The molecular weight excluding hydrogens is 340 g/mol. The highest BCUT2D eigenvalue weighted by atomic mass is 16.5. The van der Waals surface area contributed by atoms with E-state index < -0.39 is 5.97 Å². The van der Waals surface area contributed by atoms with Gasteiger partial charge in [0.25, 0.3) is 0 Å². The number of carbonyl (C=O) groups excluding carboxylic acids is 2. The fourth-order valence-corrected chi connectivity index (χ4v) is 4.03. The van der Waals surface area contributed by atoms with Crippen LogP contribution in [-0.4, -0.2) is 42.0 Å². The molecule has 0 N–H and O–H groups in total. The van der Waals surface area contributed by atoms with Crippen molar-refractivity contribution in [2.45, 2.75) is 25.2 Å². The molecule has 1 aliphatic heterocycles. The van der Waals surface area contributed by atoms with E-state index in [9.17, 15) is 9.59 Å². The fourth-order valence-electron chi connectivity index (χ4n) is 4.03. The number of benzene rings is 1. The van der Waals surface area contributed by atoms with E-state index in [1.165, 1.54) is 12.7 Å². The number of esters is 1. The summed E-state index contributed by atoms with van der Waals surface area (Å²) in [5.74, 6) is 0.0272. The maximum absolute atomic E-state index is 13.1. The molecule has 5 nitrogen and oxygen atoms in total. The van der Waals surface area contributed by atoms with Gasteiger partial charge in [0.1, 0.15) is 0 Å². The third-order valence-electron chi connectivity index (χ3n) is 5.43. The van der Waals surface area contributed by atoms with Gasteiger partial charge >= 0.3 is 5.97 Å². The molecule has 2 aliphatic rings. The van der Waals surface area contributed by atoms with Gasteiger partial charge in [0.05, 0.1) is 18.4 Å². The first kappa shape index (κ1) is 17.5. The number of nitrogens with zero attached hydrogens (tertiary/aromatic N) is 2. The number of hydrogen-bond acceptors (Lipinski definition) is 4. The monoisotopic (exact) mass is 362 g/mol. The zero-order valence-corrected chi connectivity index (χ0v) is 15.4. The van der Waals surface area contributed by atoms with Gasteiger partial charge in [-0.15, -0.1) is 0 Å². The second kappa shape index (κ2) is 7.35. The summed E-state index contributed by atoms with van der Waals surface area (Å²) in [5.41, 5.74) is 3.94. The minimum Gasteiger partial charge on any atom is -0.465 e. The third-order valence-corrected chi connectivity index (χ3v) is 5.43. The molecule has 1 aromatic heterocycles. The van der Waals surface area contributed by atoms with Crippen LogP contribution in [0.5, 0.6) is 0 Å². The summed E-state index contributed by atoms with van der Waals surface area (Å²) in [6.07, 6.45) is 5.93. The number of fused-ring (bicyclic) bond motifs is 1. The van der Waals surface area contributed by atoms with E-state index >= 15 is 0 Å². The molecule has 0 radical (unpaired) electrons. The second-order valence-corrected chi connectivity index (χ2v) is 7.06. The number of rotatable bonds is 3. The van der Waals surface area contributed by atoms with Gasteiger partial charge in [0, 0.05) is 37.2 Å². The van der Waals surface area contributed by atoms with Gasteiger partial charge in [-0.2, -0.15) is 0 Å². The molecule has 0 bridgehead atoms. The summed E-state index contributed by atoms with van der Waals surface area (Å²) in [4.78, 5) is 31.4. The topological polar surface area (TPSA) is 59.5 Å². The quantitative estimate of drug-likeness (QED) is 0.787. The first-order valence-corrected chi connectivity index (χ1v) is 9.28. The van der Waals surface area contributed by atoms with E-state index in [1.54, 1.807) is 12.3 Å². The zero-order chi connectivity index (χ0) is 18.8. The predicted molar refractivity (Wildman–Crippen MR) is 102 cm³/mol. The van der Waals surface area contributed by atoms with Crippen LogP contribution in [0, 0.1) is 0 Å². The number of amides is 1. The summed E-state index contributed by atoms with van der Waals surface area (Å²) < 4.78 is 4.85. The number of pyridine rings is 1. The molecule has 0 saturated carbocycles. The Kier molecular flexibility index (Phi) is 4.75. The Morgan fingerprint density at radius 3 is 2.78 bits per heavy atom. The van der Waals surface area contributed by atoms with Crippen molar-refractivity contribution in [3.8, 4) is 0 Å². The highest BCUT2D eigenvalue weighted by Crippen LogP contribution is 2.31. The van der Waals surface area contributed by atoms with Gasteiger partial charge in [-0.05, 0) is 36.1 Å². The lowest BCUT2D eigenvalue weighted by atomic mass is 9.90. The summed E-state index contributed by atoms with van der Waals surface area (Å²) in [6, 6.07) is 12.0. The molecule has 0 spiro atoms. The third kappa shape index (κ3) is 3.37. The number of piperidine rings is 1. The van der Waals surface area contributed by atoms with Crippen LogP contribution in [0.25, 0.3) is 6.08 Å². The van der Waals surface area contributed by atoms with Crippen molar-refractivity contribution in [1.29, 1.82) is 0 Å². The van der Waals surface area contributed by atoms with Crippen LogP contribution < -0.4 is 0 Å². The molecule has 1 aromatic carbocycles. The maximum Gasteiger partial charge on any atom is 0.338 e. The summed E-state index contributed by atoms with van der Waals surface area (Å²) >= 11 is 0. The molecule has 138 valence electrons. The van der Waals surface area contributed by atoms with Crippen molar-refractivity contribution in [3.63, 3.8) is 0 Å². The zero-order valence-electron chi connectivity index (χ0n) is 15.4. The smallest absolute Gasteiger partial charge is 0.338 e. The van der Waals surface area contributed by atoms with Crippen molar-refractivity contribution in [2.24, 2.45) is 0 Å². The summed E-state index contributed by atoms with van der Waals surface area (Å²) in [6.45, 7) is 1.50. The Hall–Kier alpha value is -2.95. The number of aromatic nitrogens is 1. The fraction of sp³-hybridized carbons (Fsp3) is 0.318. The van der Waals surface area contributed by atoms with Gasteiger partial charge in [-0.3, -0.25) is 9.78 Å². The van der Waals surface area contributed by atoms with E-state index in [4.69, 9.17) is 4.74 Å². The molecule has 4 rings (SSSR count). The largest absolute Gasteiger partial charge is 0.465 e. The first-order chi connectivity index (χ1) is 13.2. The number of likely N-dealkylation sites (tertiary alicyclic amines) is 1. The van der Waals surface area contributed by atoms with Gasteiger partial charge in [-0.25, -0.2) is 4.79 Å². The number of ether oxygens (including phenoxy) is 1. The molecule has 2 aromatic rings. The Bertz CT molecular complexity index is 905. The van der Waals surface area contributed by atoms with Crippen LogP contribution in [0.1, 0.15) is 45.9 Å².